The van der Waals surface area contributed by atoms with Gasteiger partial charge in [0.05, 0.1) is 5.56 Å². The average molecular weight is 286 g/mol. The third-order valence-electron chi connectivity index (χ3n) is 2.41. The third-order valence-corrected chi connectivity index (χ3v) is 2.63. The molecule has 0 spiro atoms. The minimum Gasteiger partial charge on any atom is -0.478 e. The van der Waals surface area contributed by atoms with E-state index >= 15 is 0 Å². The Labute approximate surface area is 116 Å². The van der Waals surface area contributed by atoms with E-state index in [1.807, 2.05) is 6.92 Å². The molecule has 0 saturated heterocycles. The highest BCUT2D eigenvalue weighted by Crippen LogP contribution is 2.19. The van der Waals surface area contributed by atoms with Crippen LogP contribution in [0.25, 0.3) is 0 Å². The number of hydrogen-bond donors (Lipinski definition) is 2. The van der Waals surface area contributed by atoms with Crippen molar-refractivity contribution in [3.63, 3.8) is 0 Å². The number of carboxylic acid groups (broad SMARTS) is 1. The van der Waals surface area contributed by atoms with Gasteiger partial charge >= 0.3 is 5.97 Å². The number of rotatable bonds is 6. The zero-order chi connectivity index (χ0) is 14.4. The Morgan fingerprint density at radius 2 is 2.11 bits per heavy atom. The normalized spacial score (nSPS) is 11.9. The fourth-order valence-electron chi connectivity index (χ4n) is 1.66. The molecule has 2 N–H and O–H groups in total. The summed E-state index contributed by atoms with van der Waals surface area (Å²) in [6, 6.07) is 4.20. The predicted octanol–water partition coefficient (Wildman–Crippen LogP) is 2.65. The van der Waals surface area contributed by atoms with E-state index in [2.05, 4.69) is 5.32 Å². The smallest absolute Gasteiger partial charge is 0.335 e. The molecular formula is C13H16ClNO4. The zero-order valence-electron chi connectivity index (χ0n) is 10.8. The second kappa shape index (κ2) is 7.11. The molecule has 0 radical (unpaired) electrons. The maximum Gasteiger partial charge on any atom is 0.335 e. The number of hydrogen-bond acceptors (Lipinski definition) is 3. The summed E-state index contributed by atoms with van der Waals surface area (Å²) in [5, 5.41) is 11.8. The molecule has 5 nitrogen and oxygen atoms in total. The minimum atomic E-state index is -1.09. The maximum atomic E-state index is 11.7. The zero-order valence-corrected chi connectivity index (χ0v) is 11.5. The van der Waals surface area contributed by atoms with Gasteiger partial charge in [0.2, 0.25) is 5.91 Å². The molecule has 6 heteroatoms. The van der Waals surface area contributed by atoms with Crippen LogP contribution < -0.4 is 5.32 Å². The molecule has 1 unspecified atom stereocenters. The third kappa shape index (κ3) is 5.28. The van der Waals surface area contributed by atoms with Crippen LogP contribution >= 0.6 is 11.6 Å². The first-order chi connectivity index (χ1) is 8.92. The van der Waals surface area contributed by atoms with Crippen molar-refractivity contribution in [2.24, 2.45) is 5.92 Å². The van der Waals surface area contributed by atoms with E-state index in [1.54, 1.807) is 7.11 Å². The van der Waals surface area contributed by atoms with Crippen LogP contribution in [0, 0.1) is 5.92 Å². The first kappa shape index (κ1) is 15.5. The fraction of sp³-hybridized carbons (Fsp3) is 0.385. The van der Waals surface area contributed by atoms with E-state index < -0.39 is 5.97 Å². The molecule has 0 heterocycles. The van der Waals surface area contributed by atoms with Crippen molar-refractivity contribution in [2.75, 3.05) is 19.0 Å². The van der Waals surface area contributed by atoms with Gasteiger partial charge in [0.25, 0.3) is 0 Å². The lowest BCUT2D eigenvalue weighted by Crippen LogP contribution is -2.17. The van der Waals surface area contributed by atoms with Crippen LogP contribution in [-0.2, 0) is 9.53 Å². The van der Waals surface area contributed by atoms with Crippen molar-refractivity contribution in [3.05, 3.63) is 28.8 Å². The van der Waals surface area contributed by atoms with Gasteiger partial charge in [-0.2, -0.15) is 0 Å². The van der Waals surface area contributed by atoms with E-state index in [0.29, 0.717) is 18.7 Å². The number of nitrogens with one attached hydrogen (secondary N) is 1. The monoisotopic (exact) mass is 285 g/mol. The highest BCUT2D eigenvalue weighted by Gasteiger charge is 2.11. The Kier molecular flexibility index (Phi) is 5.79. The summed E-state index contributed by atoms with van der Waals surface area (Å²) < 4.78 is 4.95. The van der Waals surface area contributed by atoms with Crippen molar-refractivity contribution in [1.82, 2.24) is 0 Å². The molecule has 19 heavy (non-hydrogen) atoms. The van der Waals surface area contributed by atoms with Gasteiger partial charge in [-0.15, -0.1) is 0 Å². The van der Waals surface area contributed by atoms with Gasteiger partial charge in [-0.3, -0.25) is 4.79 Å². The lowest BCUT2D eigenvalue weighted by molar-refractivity contribution is -0.117. The van der Waals surface area contributed by atoms with Gasteiger partial charge < -0.3 is 15.2 Å². The molecule has 1 aromatic carbocycles. The SMILES string of the molecule is COCC(C)CC(=O)Nc1cc(Cl)cc(C(=O)O)c1. The average Bonchev–Trinajstić information content (AvgIpc) is 2.27. The summed E-state index contributed by atoms with van der Waals surface area (Å²) in [7, 11) is 1.57. The quantitative estimate of drug-likeness (QED) is 0.842. The number of halogens is 1. The lowest BCUT2D eigenvalue weighted by atomic mass is 10.1. The first-order valence-electron chi connectivity index (χ1n) is 5.75. The molecule has 0 fully saturated rings. The van der Waals surface area contributed by atoms with Crippen LogP contribution in [0.4, 0.5) is 5.69 Å². The van der Waals surface area contributed by atoms with Gasteiger partial charge in [-0.25, -0.2) is 4.79 Å². The number of methoxy groups -OCH3 is 1. The van der Waals surface area contributed by atoms with E-state index in [-0.39, 0.29) is 22.4 Å². The van der Waals surface area contributed by atoms with Crippen molar-refractivity contribution in [2.45, 2.75) is 13.3 Å². The molecule has 0 bridgehead atoms. The van der Waals surface area contributed by atoms with Crippen LogP contribution in [0.3, 0.4) is 0 Å². The van der Waals surface area contributed by atoms with E-state index in [9.17, 15) is 9.59 Å². The Bertz CT molecular complexity index is 476. The number of benzene rings is 1. The van der Waals surface area contributed by atoms with Gasteiger partial charge in [-0.05, 0) is 24.1 Å². The Balaban J connectivity index is 2.71. The van der Waals surface area contributed by atoms with Crippen molar-refractivity contribution in [1.29, 1.82) is 0 Å². The van der Waals surface area contributed by atoms with Crippen molar-refractivity contribution in [3.8, 4) is 0 Å². The van der Waals surface area contributed by atoms with Crippen LogP contribution in [0.1, 0.15) is 23.7 Å². The summed E-state index contributed by atoms with van der Waals surface area (Å²) in [6.07, 6.45) is 0.294. The van der Waals surface area contributed by atoms with E-state index in [4.69, 9.17) is 21.4 Å². The number of carboxylic acids is 1. The number of aromatic carboxylic acids is 1. The van der Waals surface area contributed by atoms with Gasteiger partial charge in [0.1, 0.15) is 0 Å². The molecule has 1 aromatic rings. The highest BCUT2D eigenvalue weighted by molar-refractivity contribution is 6.31. The number of amides is 1. The standard InChI is InChI=1S/C13H16ClNO4/c1-8(7-19-2)3-12(16)15-11-5-9(13(17)18)4-10(14)6-11/h4-6,8H,3,7H2,1-2H3,(H,15,16)(H,17,18). The Morgan fingerprint density at radius 1 is 1.42 bits per heavy atom. The van der Waals surface area contributed by atoms with Crippen LogP contribution in [0.15, 0.2) is 18.2 Å². The summed E-state index contributed by atoms with van der Waals surface area (Å²) in [5.41, 5.74) is 0.409. The number of carbonyl (C=O) groups is 2. The summed E-state index contributed by atoms with van der Waals surface area (Å²) in [5.74, 6) is -1.21. The molecule has 0 aliphatic carbocycles. The van der Waals surface area contributed by atoms with Crippen molar-refractivity contribution < 1.29 is 19.4 Å². The molecule has 104 valence electrons. The summed E-state index contributed by atoms with van der Waals surface area (Å²) >= 11 is 5.80. The molecule has 0 aliphatic heterocycles. The summed E-state index contributed by atoms with van der Waals surface area (Å²) in [6.45, 7) is 2.38. The fourth-order valence-corrected chi connectivity index (χ4v) is 1.89. The summed E-state index contributed by atoms with van der Waals surface area (Å²) in [4.78, 5) is 22.6. The second-order valence-electron chi connectivity index (χ2n) is 4.35. The van der Waals surface area contributed by atoms with Crippen LogP contribution in [-0.4, -0.2) is 30.7 Å². The second-order valence-corrected chi connectivity index (χ2v) is 4.78. The molecular weight excluding hydrogens is 270 g/mol. The predicted molar refractivity (Wildman–Crippen MR) is 72.7 cm³/mol. The van der Waals surface area contributed by atoms with Gasteiger partial charge in [0, 0.05) is 30.8 Å². The number of ether oxygens (including phenoxy) is 1. The molecule has 1 amide bonds. The van der Waals surface area contributed by atoms with Crippen LogP contribution in [0.5, 0.6) is 0 Å². The Morgan fingerprint density at radius 3 is 2.68 bits per heavy atom. The van der Waals surface area contributed by atoms with E-state index in [0.717, 1.165) is 0 Å². The minimum absolute atomic E-state index is 0.0349. The highest BCUT2D eigenvalue weighted by atomic mass is 35.5. The molecule has 1 atom stereocenters. The number of anilines is 1. The molecule has 1 rings (SSSR count). The number of carbonyl (C=O) groups excluding carboxylic acids is 1. The van der Waals surface area contributed by atoms with Gasteiger partial charge in [0.15, 0.2) is 0 Å². The topological polar surface area (TPSA) is 75.6 Å². The largest absolute Gasteiger partial charge is 0.478 e. The lowest BCUT2D eigenvalue weighted by Gasteiger charge is -2.11. The maximum absolute atomic E-state index is 11.7. The van der Waals surface area contributed by atoms with Gasteiger partial charge in [-0.1, -0.05) is 18.5 Å². The van der Waals surface area contributed by atoms with Crippen molar-refractivity contribution >= 4 is 29.2 Å². The van der Waals surface area contributed by atoms with E-state index in [1.165, 1.54) is 18.2 Å². The molecule has 0 saturated carbocycles. The van der Waals surface area contributed by atoms with Crippen LogP contribution in [0.2, 0.25) is 5.02 Å². The Hall–Kier alpha value is -1.59. The molecule has 0 aliphatic rings. The molecule has 0 aromatic heterocycles. The first-order valence-corrected chi connectivity index (χ1v) is 6.13.